The minimum Gasteiger partial charge on any atom is -0.309 e. The minimum atomic E-state index is 0.222. The number of nitrogens with one attached hydrogen (secondary N) is 4. The largest absolute Gasteiger partial charge is 0.309 e. The summed E-state index contributed by atoms with van der Waals surface area (Å²) >= 11 is 0. The summed E-state index contributed by atoms with van der Waals surface area (Å²) in [7, 11) is 0. The van der Waals surface area contributed by atoms with Gasteiger partial charge in [-0.15, -0.1) is 0 Å². The van der Waals surface area contributed by atoms with Crippen LogP contribution in [-0.2, 0) is 71.6 Å². The van der Waals surface area contributed by atoms with E-state index in [9.17, 15) is 0 Å². The molecule has 386 valence electrons. The second-order valence-corrected chi connectivity index (χ2v) is 21.9. The first-order chi connectivity index (χ1) is 37.6. The molecule has 0 saturated carbocycles. The molecule has 0 saturated heterocycles. The van der Waals surface area contributed by atoms with Gasteiger partial charge in [-0.2, -0.15) is 0 Å². The standard InChI is InChI=1S/C66H72N10/c1-2-9-57-41-73-59(34-54(57)8-1)46-76(44-51-20-14-47(15-21-51)36-69-38-49-26-31-67-32-27-49)64-25-24-61(62-12-6-30-72-66(62)64)56-23-22-55-35-60(74-42-58(55)33-56)45-75(63-13-3-10-53-11-5-29-71-65(53)63)43-50-18-16-48(17-19-50)37-70-40-52-7-4-28-68-39-52/h1-2,4-9,11-12,14-23,26-33,39,59-61,63-64,69-70,73-74H,3,10,13,24-25,34-38,40-46H2/t59-,60-,61?,63+,64+/m1/s1. The van der Waals surface area contributed by atoms with Gasteiger partial charge in [0.05, 0.1) is 23.5 Å². The second kappa shape index (κ2) is 24.1. The van der Waals surface area contributed by atoms with Crippen molar-refractivity contribution in [3.63, 3.8) is 0 Å². The van der Waals surface area contributed by atoms with Crippen molar-refractivity contribution in [3.05, 3.63) is 260 Å². The van der Waals surface area contributed by atoms with Crippen molar-refractivity contribution in [2.24, 2.45) is 0 Å². The van der Waals surface area contributed by atoms with E-state index in [0.29, 0.717) is 24.0 Å². The number of rotatable bonds is 19. The molecule has 0 bridgehead atoms. The Morgan fingerprint density at radius 3 is 1.74 bits per heavy atom. The normalized spacial score (nSPS) is 19.9. The first kappa shape index (κ1) is 50.1. The first-order valence-electron chi connectivity index (χ1n) is 28.0. The number of fused-ring (bicyclic) bond motifs is 4. The maximum Gasteiger partial charge on any atom is 0.0613 e. The van der Waals surface area contributed by atoms with Crippen molar-refractivity contribution in [1.82, 2.24) is 51.0 Å². The van der Waals surface area contributed by atoms with Gasteiger partial charge in [-0.1, -0.05) is 109 Å². The number of hydrogen-bond donors (Lipinski definition) is 4. The van der Waals surface area contributed by atoms with Crippen LogP contribution < -0.4 is 21.3 Å². The number of hydrogen-bond acceptors (Lipinski definition) is 10. The van der Waals surface area contributed by atoms with Gasteiger partial charge in [0.15, 0.2) is 0 Å². The maximum atomic E-state index is 5.27. The maximum absolute atomic E-state index is 5.27. The highest BCUT2D eigenvalue weighted by Crippen LogP contribution is 2.44. The number of nitrogens with zero attached hydrogens (tertiary/aromatic N) is 6. The zero-order valence-electron chi connectivity index (χ0n) is 43.8. The van der Waals surface area contributed by atoms with Crippen LogP contribution in [0, 0.1) is 0 Å². The topological polar surface area (TPSA) is 106 Å². The van der Waals surface area contributed by atoms with Crippen LogP contribution >= 0.6 is 0 Å². The predicted molar refractivity (Wildman–Crippen MR) is 303 cm³/mol. The van der Waals surface area contributed by atoms with Gasteiger partial charge in [-0.05, 0) is 148 Å². The number of aryl methyl sites for hydroxylation is 1. The Morgan fingerprint density at radius 1 is 0.461 bits per heavy atom. The fraction of sp³-hybridized carbons (Fsp3) is 0.333. The van der Waals surface area contributed by atoms with E-state index in [0.717, 1.165) is 104 Å². The van der Waals surface area contributed by atoms with Crippen molar-refractivity contribution in [2.75, 3.05) is 13.1 Å². The molecule has 4 aromatic heterocycles. The van der Waals surface area contributed by atoms with Crippen LogP contribution in [0.2, 0.25) is 0 Å². The van der Waals surface area contributed by atoms with Crippen molar-refractivity contribution in [1.29, 1.82) is 0 Å². The van der Waals surface area contributed by atoms with Gasteiger partial charge in [-0.3, -0.25) is 29.7 Å². The van der Waals surface area contributed by atoms with E-state index in [1.165, 1.54) is 90.1 Å². The number of benzene rings is 4. The highest BCUT2D eigenvalue weighted by atomic mass is 15.2. The summed E-state index contributed by atoms with van der Waals surface area (Å²) in [6.45, 7) is 8.77. The van der Waals surface area contributed by atoms with Crippen LogP contribution in [-0.4, -0.2) is 54.9 Å². The molecule has 10 nitrogen and oxygen atoms in total. The summed E-state index contributed by atoms with van der Waals surface area (Å²) < 4.78 is 0. The van der Waals surface area contributed by atoms with E-state index < -0.39 is 0 Å². The van der Waals surface area contributed by atoms with Crippen LogP contribution in [0.4, 0.5) is 0 Å². The molecular formula is C66H72N10. The minimum absolute atomic E-state index is 0.222. The Kier molecular flexibility index (Phi) is 15.9. The Balaban J connectivity index is 0.738. The van der Waals surface area contributed by atoms with Gasteiger partial charge >= 0.3 is 0 Å². The SMILES string of the molecule is c1cncc(CNCc2ccc(CN(C[C@H]3Cc4ccc(C5CC[C@H](N(Cc6ccc(CNCc7ccncc7)cc6)C[C@H]6Cc7ccccc7CN6)c6ncccc65)cc4CN3)[C@H]3CCCc4cccnc43)cc2)c1. The van der Waals surface area contributed by atoms with E-state index in [2.05, 4.69) is 174 Å². The molecule has 4 aliphatic rings. The van der Waals surface area contributed by atoms with Crippen LogP contribution in [0.1, 0.15) is 127 Å². The molecule has 5 atom stereocenters. The van der Waals surface area contributed by atoms with Crippen molar-refractivity contribution >= 4 is 0 Å². The molecule has 0 radical (unpaired) electrons. The van der Waals surface area contributed by atoms with E-state index in [1.54, 1.807) is 0 Å². The summed E-state index contributed by atoms with van der Waals surface area (Å²) in [5.74, 6) is 0.307. The Bertz CT molecular complexity index is 3150. The zero-order valence-corrected chi connectivity index (χ0v) is 43.8. The second-order valence-electron chi connectivity index (χ2n) is 21.9. The Morgan fingerprint density at radius 2 is 1.04 bits per heavy atom. The lowest BCUT2D eigenvalue weighted by Gasteiger charge is -2.41. The third kappa shape index (κ3) is 12.1. The molecular weight excluding hydrogens is 933 g/mol. The van der Waals surface area contributed by atoms with Gasteiger partial charge in [0.1, 0.15) is 0 Å². The summed E-state index contributed by atoms with van der Waals surface area (Å²) in [6.07, 6.45) is 19.1. The van der Waals surface area contributed by atoms with Gasteiger partial charge in [-0.25, -0.2) is 0 Å². The van der Waals surface area contributed by atoms with Gasteiger partial charge in [0.2, 0.25) is 0 Å². The fourth-order valence-corrected chi connectivity index (χ4v) is 12.7. The highest BCUT2D eigenvalue weighted by molar-refractivity contribution is 5.43. The molecule has 1 unspecified atom stereocenters. The smallest absolute Gasteiger partial charge is 0.0613 e. The molecule has 0 fully saturated rings. The van der Waals surface area contributed by atoms with Crippen molar-refractivity contribution in [3.8, 4) is 0 Å². The van der Waals surface area contributed by atoms with Crippen LogP contribution in [0.15, 0.2) is 177 Å². The molecule has 6 heterocycles. The van der Waals surface area contributed by atoms with Crippen LogP contribution in [0.5, 0.6) is 0 Å². The molecule has 2 aliphatic carbocycles. The molecule has 2 aliphatic heterocycles. The molecule has 8 aromatic rings. The van der Waals surface area contributed by atoms with Crippen molar-refractivity contribution in [2.45, 2.75) is 127 Å². The predicted octanol–water partition coefficient (Wildman–Crippen LogP) is 10.6. The monoisotopic (exact) mass is 1000 g/mol. The molecule has 12 rings (SSSR count). The lowest BCUT2D eigenvalue weighted by atomic mass is 9.77. The third-order valence-electron chi connectivity index (χ3n) is 16.7. The van der Waals surface area contributed by atoms with Crippen LogP contribution in [0.3, 0.4) is 0 Å². The summed E-state index contributed by atoms with van der Waals surface area (Å²) in [5, 5.41) is 15.2. The van der Waals surface area contributed by atoms with Gasteiger partial charge in [0, 0.05) is 121 Å². The first-order valence-corrected chi connectivity index (χ1v) is 28.0. The fourth-order valence-electron chi connectivity index (χ4n) is 12.7. The Hall–Kier alpha value is -6.76. The van der Waals surface area contributed by atoms with Gasteiger partial charge in [0.25, 0.3) is 0 Å². The highest BCUT2D eigenvalue weighted by Gasteiger charge is 2.36. The van der Waals surface area contributed by atoms with E-state index in [-0.39, 0.29) is 6.04 Å². The molecule has 0 amide bonds. The quantitative estimate of drug-likeness (QED) is 0.0626. The van der Waals surface area contributed by atoms with Crippen molar-refractivity contribution < 1.29 is 0 Å². The van der Waals surface area contributed by atoms with E-state index in [1.807, 2.05) is 43.2 Å². The third-order valence-corrected chi connectivity index (χ3v) is 16.7. The average molecular weight is 1010 g/mol. The van der Waals surface area contributed by atoms with Gasteiger partial charge < -0.3 is 21.3 Å². The lowest BCUT2D eigenvalue weighted by Crippen LogP contribution is -2.46. The lowest BCUT2D eigenvalue weighted by molar-refractivity contribution is 0.143. The summed E-state index contributed by atoms with van der Waals surface area (Å²) in [5.41, 5.74) is 20.2. The summed E-state index contributed by atoms with van der Waals surface area (Å²) in [6, 6.07) is 53.3. The molecule has 4 N–H and O–H groups in total. The summed E-state index contributed by atoms with van der Waals surface area (Å²) in [4.78, 5) is 24.2. The molecule has 4 aromatic carbocycles. The average Bonchev–Trinajstić information content (AvgIpc) is 3.49. The number of aromatic nitrogens is 4. The molecule has 0 spiro atoms. The number of pyridine rings is 4. The molecule has 10 heteroatoms. The zero-order chi connectivity index (χ0) is 50.9. The molecule has 76 heavy (non-hydrogen) atoms. The van der Waals surface area contributed by atoms with E-state index in [4.69, 9.17) is 9.97 Å². The van der Waals surface area contributed by atoms with E-state index >= 15 is 0 Å². The van der Waals surface area contributed by atoms with Crippen LogP contribution in [0.25, 0.3) is 0 Å². The Labute approximate surface area is 449 Å².